The third-order valence-electron chi connectivity index (χ3n) is 4.30. The molecule has 0 amide bonds. The van der Waals surface area contributed by atoms with E-state index in [1.54, 1.807) is 42.9 Å². The molecular formula is C22H22N4O8. The van der Waals surface area contributed by atoms with Crippen LogP contribution in [0.25, 0.3) is 5.69 Å². The summed E-state index contributed by atoms with van der Waals surface area (Å²) < 4.78 is 11.1. The first kappa shape index (κ1) is 25.5. The number of carbonyl (C=O) groups is 2. The van der Waals surface area contributed by atoms with Crippen LogP contribution in [0.2, 0.25) is 0 Å². The number of benzene rings is 2. The molecule has 0 aliphatic heterocycles. The standard InChI is InChI=1S/C13H12N2O4.C9H10N2O4/c1-2-19-13(16)10-5-6-11(12(9-10)15(17)18)14-7-3-4-8-14;1-2-15-9(12)6-3-4-7(10)8(5-6)11(13)14/h3-9H,2H2,1H3;3-5H,2,10H2,1H3. The lowest BCUT2D eigenvalue weighted by atomic mass is 10.1. The van der Waals surface area contributed by atoms with E-state index < -0.39 is 21.8 Å². The molecular weight excluding hydrogens is 448 g/mol. The zero-order valence-corrected chi connectivity index (χ0v) is 18.4. The monoisotopic (exact) mass is 470 g/mol. The van der Waals surface area contributed by atoms with E-state index in [1.165, 1.54) is 30.3 Å². The van der Waals surface area contributed by atoms with Crippen LogP contribution >= 0.6 is 0 Å². The number of aromatic nitrogens is 1. The van der Waals surface area contributed by atoms with Crippen molar-refractivity contribution >= 4 is 29.0 Å². The van der Waals surface area contributed by atoms with E-state index in [2.05, 4.69) is 0 Å². The van der Waals surface area contributed by atoms with E-state index >= 15 is 0 Å². The average Bonchev–Trinajstić information content (AvgIpc) is 3.34. The number of carbonyl (C=O) groups excluding carboxylic acids is 2. The lowest BCUT2D eigenvalue weighted by Gasteiger charge is -2.06. The molecule has 1 aromatic heterocycles. The fraction of sp³-hybridized carbons (Fsp3) is 0.182. The minimum Gasteiger partial charge on any atom is -0.462 e. The maximum Gasteiger partial charge on any atom is 0.338 e. The zero-order valence-electron chi connectivity index (χ0n) is 18.4. The Kier molecular flexibility index (Phi) is 8.83. The predicted octanol–water partition coefficient (Wildman–Crippen LogP) is 3.92. The number of rotatable bonds is 7. The SMILES string of the molecule is CCOC(=O)c1ccc(-n2cccc2)c([N+](=O)[O-])c1.CCOC(=O)c1ccc(N)c([N+](=O)[O-])c1. The molecule has 3 aromatic rings. The second-order valence-electron chi connectivity index (χ2n) is 6.52. The second kappa shape index (κ2) is 11.8. The van der Waals surface area contributed by atoms with Gasteiger partial charge < -0.3 is 19.8 Å². The molecule has 0 atom stereocenters. The van der Waals surface area contributed by atoms with Crippen molar-refractivity contribution in [1.29, 1.82) is 0 Å². The summed E-state index contributed by atoms with van der Waals surface area (Å²) in [5.74, 6) is -1.16. The molecule has 0 bridgehead atoms. The van der Waals surface area contributed by atoms with Crippen LogP contribution in [-0.4, -0.2) is 39.6 Å². The summed E-state index contributed by atoms with van der Waals surface area (Å²) >= 11 is 0. The summed E-state index contributed by atoms with van der Waals surface area (Å²) in [5.41, 5.74) is 5.66. The number of nitrogens with zero attached hydrogens (tertiary/aromatic N) is 3. The third kappa shape index (κ3) is 6.38. The number of ether oxygens (including phenoxy) is 2. The Morgan fingerprint density at radius 2 is 1.32 bits per heavy atom. The van der Waals surface area contributed by atoms with Gasteiger partial charge in [-0.15, -0.1) is 0 Å². The molecule has 0 aliphatic carbocycles. The molecule has 0 saturated carbocycles. The topological polar surface area (TPSA) is 170 Å². The lowest BCUT2D eigenvalue weighted by Crippen LogP contribution is -2.06. The summed E-state index contributed by atoms with van der Waals surface area (Å²) in [6.45, 7) is 3.78. The van der Waals surface area contributed by atoms with Crippen LogP contribution in [0, 0.1) is 20.2 Å². The lowest BCUT2D eigenvalue weighted by molar-refractivity contribution is -0.384. The first-order valence-electron chi connectivity index (χ1n) is 9.99. The van der Waals surface area contributed by atoms with Crippen molar-refractivity contribution in [3.63, 3.8) is 0 Å². The number of anilines is 1. The van der Waals surface area contributed by atoms with Crippen LogP contribution in [0.3, 0.4) is 0 Å². The van der Waals surface area contributed by atoms with Crippen LogP contribution < -0.4 is 5.73 Å². The largest absolute Gasteiger partial charge is 0.462 e. The van der Waals surface area contributed by atoms with Gasteiger partial charge in [0.05, 0.1) is 34.2 Å². The smallest absolute Gasteiger partial charge is 0.338 e. The zero-order chi connectivity index (χ0) is 25.3. The molecule has 3 rings (SSSR count). The highest BCUT2D eigenvalue weighted by atomic mass is 16.6. The summed E-state index contributed by atoms with van der Waals surface area (Å²) in [5, 5.41) is 21.6. The van der Waals surface area contributed by atoms with Crippen LogP contribution in [0.4, 0.5) is 17.1 Å². The summed E-state index contributed by atoms with van der Waals surface area (Å²) in [6.07, 6.45) is 3.40. The van der Waals surface area contributed by atoms with Gasteiger partial charge >= 0.3 is 11.9 Å². The second-order valence-corrected chi connectivity index (χ2v) is 6.52. The van der Waals surface area contributed by atoms with Crippen LogP contribution in [-0.2, 0) is 9.47 Å². The van der Waals surface area contributed by atoms with Gasteiger partial charge in [-0.1, -0.05) is 0 Å². The number of nitro benzene ring substituents is 2. The van der Waals surface area contributed by atoms with E-state index in [-0.39, 0.29) is 41.4 Å². The Balaban J connectivity index is 0.000000248. The minimum absolute atomic E-state index is 0.0213. The van der Waals surface area contributed by atoms with Crippen molar-refractivity contribution in [3.05, 3.63) is 92.3 Å². The molecule has 0 saturated heterocycles. The molecule has 34 heavy (non-hydrogen) atoms. The maximum absolute atomic E-state index is 11.6. The quantitative estimate of drug-likeness (QED) is 0.233. The number of hydrogen-bond acceptors (Lipinski definition) is 9. The Bertz CT molecular complexity index is 1190. The molecule has 2 aromatic carbocycles. The highest BCUT2D eigenvalue weighted by Crippen LogP contribution is 2.25. The highest BCUT2D eigenvalue weighted by molar-refractivity contribution is 5.91. The Morgan fingerprint density at radius 1 is 0.853 bits per heavy atom. The van der Waals surface area contributed by atoms with Gasteiger partial charge in [0.15, 0.2) is 0 Å². The van der Waals surface area contributed by atoms with Gasteiger partial charge in [0.2, 0.25) is 0 Å². The Hall–Kier alpha value is -4.74. The third-order valence-corrected chi connectivity index (χ3v) is 4.30. The van der Waals surface area contributed by atoms with E-state index in [1.807, 2.05) is 0 Å². The average molecular weight is 470 g/mol. The molecule has 0 radical (unpaired) electrons. The molecule has 178 valence electrons. The molecule has 0 spiro atoms. The maximum atomic E-state index is 11.6. The van der Waals surface area contributed by atoms with Gasteiger partial charge in [-0.25, -0.2) is 9.59 Å². The first-order chi connectivity index (χ1) is 16.2. The van der Waals surface area contributed by atoms with Gasteiger partial charge in [-0.3, -0.25) is 20.2 Å². The van der Waals surface area contributed by atoms with Gasteiger partial charge in [0, 0.05) is 24.5 Å². The van der Waals surface area contributed by atoms with Crippen molar-refractivity contribution in [2.75, 3.05) is 18.9 Å². The number of esters is 2. The van der Waals surface area contributed by atoms with Crippen LogP contribution in [0.15, 0.2) is 60.9 Å². The predicted molar refractivity (Wildman–Crippen MR) is 122 cm³/mol. The molecule has 0 aliphatic rings. The molecule has 0 fully saturated rings. The van der Waals surface area contributed by atoms with Crippen molar-refractivity contribution in [2.45, 2.75) is 13.8 Å². The minimum atomic E-state index is -0.641. The highest BCUT2D eigenvalue weighted by Gasteiger charge is 2.19. The Labute approximate surface area is 193 Å². The molecule has 12 nitrogen and oxygen atoms in total. The summed E-state index contributed by atoms with van der Waals surface area (Å²) in [7, 11) is 0. The van der Waals surface area contributed by atoms with Crippen LogP contribution in [0.1, 0.15) is 34.6 Å². The fourth-order valence-electron chi connectivity index (χ4n) is 2.77. The van der Waals surface area contributed by atoms with Crippen molar-refractivity contribution in [3.8, 4) is 5.69 Å². The van der Waals surface area contributed by atoms with Crippen LogP contribution in [0.5, 0.6) is 0 Å². The number of nitro groups is 2. The normalized spacial score (nSPS) is 9.94. The van der Waals surface area contributed by atoms with E-state index in [0.717, 1.165) is 6.07 Å². The Morgan fingerprint density at radius 3 is 1.79 bits per heavy atom. The van der Waals surface area contributed by atoms with Gasteiger partial charge in [0.1, 0.15) is 11.4 Å². The van der Waals surface area contributed by atoms with Crippen molar-refractivity contribution in [2.24, 2.45) is 0 Å². The van der Waals surface area contributed by atoms with Crippen molar-refractivity contribution in [1.82, 2.24) is 4.57 Å². The van der Waals surface area contributed by atoms with Gasteiger partial charge in [-0.2, -0.15) is 0 Å². The molecule has 2 N–H and O–H groups in total. The molecule has 1 heterocycles. The molecule has 0 unspecified atom stereocenters. The number of nitrogens with two attached hydrogens (primary N) is 1. The number of hydrogen-bond donors (Lipinski definition) is 1. The summed E-state index contributed by atoms with van der Waals surface area (Å²) in [6, 6.07) is 11.6. The first-order valence-corrected chi connectivity index (χ1v) is 9.99. The molecule has 12 heteroatoms. The summed E-state index contributed by atoms with van der Waals surface area (Å²) in [4.78, 5) is 43.3. The number of nitrogen functional groups attached to an aromatic ring is 1. The van der Waals surface area contributed by atoms with Gasteiger partial charge in [-0.05, 0) is 50.2 Å². The van der Waals surface area contributed by atoms with Gasteiger partial charge in [0.25, 0.3) is 11.4 Å². The van der Waals surface area contributed by atoms with E-state index in [9.17, 15) is 29.8 Å². The fourth-order valence-corrected chi connectivity index (χ4v) is 2.77. The van der Waals surface area contributed by atoms with Crippen molar-refractivity contribution < 1.29 is 28.9 Å². The van der Waals surface area contributed by atoms with E-state index in [0.29, 0.717) is 5.69 Å². The van der Waals surface area contributed by atoms with E-state index in [4.69, 9.17) is 15.2 Å².